The summed E-state index contributed by atoms with van der Waals surface area (Å²) >= 11 is 0. The van der Waals surface area contributed by atoms with Crippen molar-refractivity contribution in [1.82, 2.24) is 5.01 Å². The number of benzene rings is 1. The fraction of sp³-hybridized carbons (Fsp3) is 0.455. The van der Waals surface area contributed by atoms with Crippen LogP contribution in [0.3, 0.4) is 0 Å². The Morgan fingerprint density at radius 2 is 2.07 bits per heavy atom. The summed E-state index contributed by atoms with van der Waals surface area (Å²) in [6.07, 6.45) is -0.0705. The summed E-state index contributed by atoms with van der Waals surface area (Å²) in [5.41, 5.74) is 0.471. The molecule has 1 atom stereocenters. The van der Waals surface area contributed by atoms with Crippen LogP contribution >= 0.6 is 0 Å². The first-order valence-corrected chi connectivity index (χ1v) is 4.97. The molecular weight excluding hydrogens is 192 g/mol. The molecule has 4 nitrogen and oxygen atoms in total. The van der Waals surface area contributed by atoms with Crippen LogP contribution in [0.5, 0.6) is 0 Å². The average molecular weight is 206 g/mol. The third-order valence-corrected chi connectivity index (χ3v) is 2.66. The number of ether oxygens (including phenoxy) is 1. The first-order valence-electron chi connectivity index (χ1n) is 4.97. The van der Waals surface area contributed by atoms with E-state index in [1.54, 1.807) is 0 Å². The lowest BCUT2D eigenvalue weighted by Gasteiger charge is -2.23. The van der Waals surface area contributed by atoms with E-state index in [1.165, 1.54) is 5.01 Å². The third-order valence-electron chi connectivity index (χ3n) is 2.66. The molecule has 1 aliphatic rings. The van der Waals surface area contributed by atoms with E-state index >= 15 is 0 Å². The zero-order valence-electron chi connectivity index (χ0n) is 8.88. The molecule has 1 aromatic rings. The third kappa shape index (κ3) is 1.85. The normalized spacial score (nSPS) is 24.1. The lowest BCUT2D eigenvalue weighted by molar-refractivity contribution is -0.0765. The number of rotatable bonds is 2. The second-order valence-electron chi connectivity index (χ2n) is 4.13. The molecule has 0 aliphatic carbocycles. The van der Waals surface area contributed by atoms with Gasteiger partial charge in [0.25, 0.3) is 0 Å². The Labute approximate surface area is 88.8 Å². The van der Waals surface area contributed by atoms with Gasteiger partial charge in [0.2, 0.25) is 0 Å². The van der Waals surface area contributed by atoms with E-state index in [0.717, 1.165) is 5.56 Å². The van der Waals surface area contributed by atoms with Gasteiger partial charge in [-0.1, -0.05) is 30.3 Å². The maximum absolute atomic E-state index is 10.6. The zero-order chi connectivity index (χ0) is 10.9. The highest BCUT2D eigenvalue weighted by Gasteiger charge is 2.40. The molecule has 0 amide bonds. The molecule has 0 aromatic heterocycles. The summed E-state index contributed by atoms with van der Waals surface area (Å²) in [6.45, 7) is 4.20. The quantitative estimate of drug-likeness (QED) is 0.698. The Balaban J connectivity index is 2.19. The fourth-order valence-corrected chi connectivity index (χ4v) is 1.80. The molecule has 0 radical (unpaired) electrons. The second-order valence-corrected chi connectivity index (χ2v) is 4.13. The van der Waals surface area contributed by atoms with Crippen molar-refractivity contribution in [2.24, 2.45) is 5.29 Å². The predicted molar refractivity (Wildman–Crippen MR) is 56.8 cm³/mol. The van der Waals surface area contributed by atoms with E-state index in [1.807, 2.05) is 44.2 Å². The zero-order valence-corrected chi connectivity index (χ0v) is 8.88. The van der Waals surface area contributed by atoms with Crippen LogP contribution in [0.25, 0.3) is 0 Å². The monoisotopic (exact) mass is 206 g/mol. The fourth-order valence-electron chi connectivity index (χ4n) is 1.80. The molecule has 2 rings (SSSR count). The molecule has 4 heteroatoms. The number of hydrogen-bond donors (Lipinski definition) is 0. The molecule has 1 heterocycles. The summed E-state index contributed by atoms with van der Waals surface area (Å²) in [6, 6.07) is 9.87. The van der Waals surface area contributed by atoms with E-state index in [-0.39, 0.29) is 6.10 Å². The Morgan fingerprint density at radius 1 is 1.40 bits per heavy atom. The van der Waals surface area contributed by atoms with Crippen molar-refractivity contribution in [3.63, 3.8) is 0 Å². The van der Waals surface area contributed by atoms with Crippen LogP contribution < -0.4 is 0 Å². The van der Waals surface area contributed by atoms with Crippen LogP contribution in [0.15, 0.2) is 35.6 Å². The van der Waals surface area contributed by atoms with Gasteiger partial charge in [-0.05, 0) is 19.4 Å². The number of nitrogens with zero attached hydrogens (tertiary/aromatic N) is 2. The maximum atomic E-state index is 10.6. The van der Waals surface area contributed by atoms with E-state index in [9.17, 15) is 4.91 Å². The van der Waals surface area contributed by atoms with Gasteiger partial charge in [-0.15, -0.1) is 4.91 Å². The molecule has 80 valence electrons. The van der Waals surface area contributed by atoms with Crippen LogP contribution in [0, 0.1) is 4.91 Å². The minimum Gasteiger partial charge on any atom is -0.345 e. The van der Waals surface area contributed by atoms with E-state index in [0.29, 0.717) is 6.54 Å². The smallest absolute Gasteiger partial charge is 0.155 e. The van der Waals surface area contributed by atoms with Gasteiger partial charge in [0.1, 0.15) is 6.10 Å². The summed E-state index contributed by atoms with van der Waals surface area (Å²) in [7, 11) is 0. The topological polar surface area (TPSA) is 41.9 Å². The van der Waals surface area contributed by atoms with Gasteiger partial charge < -0.3 is 4.74 Å². The van der Waals surface area contributed by atoms with Crippen molar-refractivity contribution in [2.45, 2.75) is 25.7 Å². The minimum atomic E-state index is -0.609. The van der Waals surface area contributed by atoms with Crippen LogP contribution in [-0.4, -0.2) is 17.3 Å². The first kappa shape index (κ1) is 10.1. The highest BCUT2D eigenvalue weighted by molar-refractivity contribution is 5.19. The molecule has 1 unspecified atom stereocenters. The Morgan fingerprint density at radius 3 is 2.60 bits per heavy atom. The Bertz CT molecular complexity index is 351. The molecule has 15 heavy (non-hydrogen) atoms. The van der Waals surface area contributed by atoms with Crippen molar-refractivity contribution in [2.75, 3.05) is 6.54 Å². The summed E-state index contributed by atoms with van der Waals surface area (Å²) in [4.78, 5) is 10.6. The van der Waals surface area contributed by atoms with Crippen LogP contribution in [0.1, 0.15) is 25.5 Å². The van der Waals surface area contributed by atoms with Crippen molar-refractivity contribution in [3.05, 3.63) is 40.8 Å². The van der Waals surface area contributed by atoms with Gasteiger partial charge in [-0.3, -0.25) is 0 Å². The van der Waals surface area contributed by atoms with Gasteiger partial charge in [0.05, 0.1) is 11.8 Å². The van der Waals surface area contributed by atoms with Gasteiger partial charge in [0, 0.05) is 0 Å². The van der Waals surface area contributed by atoms with Gasteiger partial charge in [0.15, 0.2) is 5.72 Å². The first-order chi connectivity index (χ1) is 7.13. The largest absolute Gasteiger partial charge is 0.345 e. The van der Waals surface area contributed by atoms with Gasteiger partial charge >= 0.3 is 0 Å². The number of nitroso groups, excluding NO2 is 1. The highest BCUT2D eigenvalue weighted by atomic mass is 16.6. The lowest BCUT2D eigenvalue weighted by Crippen LogP contribution is -2.34. The van der Waals surface area contributed by atoms with Crippen molar-refractivity contribution in [1.29, 1.82) is 0 Å². The number of hydrogen-bond acceptors (Lipinski definition) is 3. The molecule has 0 bridgehead atoms. The molecule has 0 N–H and O–H groups in total. The minimum absolute atomic E-state index is 0.0705. The molecule has 1 aliphatic heterocycles. The highest BCUT2D eigenvalue weighted by Crippen LogP contribution is 2.35. The van der Waals surface area contributed by atoms with E-state index in [4.69, 9.17) is 4.74 Å². The lowest BCUT2D eigenvalue weighted by atomic mass is 10.1. The molecule has 1 aromatic carbocycles. The SMILES string of the molecule is CC1(C)OC(c2ccccc2)CN1N=O. The molecule has 1 fully saturated rings. The second kappa shape index (κ2) is 3.62. The summed E-state index contributed by atoms with van der Waals surface area (Å²) in [5, 5.41) is 4.41. The predicted octanol–water partition coefficient (Wildman–Crippen LogP) is 2.48. The maximum Gasteiger partial charge on any atom is 0.155 e. The molecule has 1 saturated heterocycles. The average Bonchev–Trinajstić information content (AvgIpc) is 2.55. The van der Waals surface area contributed by atoms with Crippen LogP contribution in [0.2, 0.25) is 0 Å². The van der Waals surface area contributed by atoms with Gasteiger partial charge in [-0.25, -0.2) is 5.01 Å². The van der Waals surface area contributed by atoms with E-state index in [2.05, 4.69) is 5.29 Å². The van der Waals surface area contributed by atoms with Crippen molar-refractivity contribution < 1.29 is 4.74 Å². The Hall–Kier alpha value is -1.42. The molecule has 0 spiro atoms. The van der Waals surface area contributed by atoms with Crippen LogP contribution in [0.4, 0.5) is 0 Å². The summed E-state index contributed by atoms with van der Waals surface area (Å²) in [5.74, 6) is 0. The van der Waals surface area contributed by atoms with Gasteiger partial charge in [-0.2, -0.15) is 0 Å². The summed E-state index contributed by atoms with van der Waals surface area (Å²) < 4.78 is 5.77. The van der Waals surface area contributed by atoms with Crippen molar-refractivity contribution in [3.8, 4) is 0 Å². The molecular formula is C11H14N2O2. The Kier molecular flexibility index (Phi) is 2.44. The van der Waals surface area contributed by atoms with Crippen LogP contribution in [-0.2, 0) is 4.74 Å². The standard InChI is InChI=1S/C11H14N2O2/c1-11(2)13(12-14)8-10(15-11)9-6-4-3-5-7-9/h3-7,10H,8H2,1-2H3. The molecule has 0 saturated carbocycles. The van der Waals surface area contributed by atoms with E-state index < -0.39 is 5.72 Å². The van der Waals surface area contributed by atoms with Crippen molar-refractivity contribution >= 4 is 0 Å².